The highest BCUT2D eigenvalue weighted by atomic mass is 32.1. The van der Waals surface area contributed by atoms with Crippen molar-refractivity contribution in [3.63, 3.8) is 0 Å². The van der Waals surface area contributed by atoms with Crippen molar-refractivity contribution in [3.8, 4) is 11.4 Å². The van der Waals surface area contributed by atoms with Crippen LogP contribution in [0.3, 0.4) is 0 Å². The second kappa shape index (κ2) is 10.1. The summed E-state index contributed by atoms with van der Waals surface area (Å²) in [7, 11) is 1.62. The van der Waals surface area contributed by atoms with Crippen molar-refractivity contribution in [1.82, 2.24) is 29.9 Å². The van der Waals surface area contributed by atoms with Crippen molar-refractivity contribution in [1.29, 1.82) is 0 Å². The van der Waals surface area contributed by atoms with Crippen LogP contribution < -0.4 is 15.8 Å². The van der Waals surface area contributed by atoms with E-state index in [-0.39, 0.29) is 23.8 Å². The molecule has 6 rings (SSSR count). The highest BCUT2D eigenvalue weighted by Gasteiger charge is 2.25. The molecule has 3 N–H and O–H groups in total. The smallest absolute Gasteiger partial charge is 0.261 e. The Kier molecular flexibility index (Phi) is 6.52. The molecule has 0 aromatic carbocycles. The van der Waals surface area contributed by atoms with Gasteiger partial charge in [0.05, 0.1) is 51.9 Å². The number of anilines is 2. The molecular formula is C26H28N8O3S. The fourth-order valence-corrected chi connectivity index (χ4v) is 5.81. The van der Waals surface area contributed by atoms with Crippen molar-refractivity contribution in [2.45, 2.75) is 32.1 Å². The third-order valence-electron chi connectivity index (χ3n) is 6.50. The van der Waals surface area contributed by atoms with Crippen LogP contribution in [0.15, 0.2) is 47.0 Å². The molecule has 1 fully saturated rings. The number of hydrogen-bond acceptors (Lipinski definition) is 10. The first-order valence-electron chi connectivity index (χ1n) is 12.4. The van der Waals surface area contributed by atoms with Gasteiger partial charge in [0.2, 0.25) is 0 Å². The monoisotopic (exact) mass is 532 g/mol. The van der Waals surface area contributed by atoms with Crippen LogP contribution in [0.25, 0.3) is 32.6 Å². The van der Waals surface area contributed by atoms with Gasteiger partial charge in [0.1, 0.15) is 23.2 Å². The van der Waals surface area contributed by atoms with Gasteiger partial charge < -0.3 is 29.7 Å². The first-order chi connectivity index (χ1) is 18.5. The minimum atomic E-state index is -0.380. The molecule has 0 aliphatic carbocycles. The van der Waals surface area contributed by atoms with Gasteiger partial charge in [-0.05, 0) is 31.4 Å². The van der Waals surface area contributed by atoms with Crippen molar-refractivity contribution in [2.24, 2.45) is 0 Å². The van der Waals surface area contributed by atoms with Crippen LogP contribution in [0.2, 0.25) is 0 Å². The second-order valence-corrected chi connectivity index (χ2v) is 10.4. The number of morpholine rings is 1. The van der Waals surface area contributed by atoms with Crippen LogP contribution in [0.5, 0.6) is 0 Å². The number of imidazole rings is 1. The van der Waals surface area contributed by atoms with Crippen LogP contribution in [-0.4, -0.2) is 68.9 Å². The maximum Gasteiger partial charge on any atom is 0.261 e. The van der Waals surface area contributed by atoms with E-state index < -0.39 is 0 Å². The number of H-pyrrole nitrogens is 2. The molecule has 0 spiro atoms. The molecule has 5 aromatic heterocycles. The number of ether oxygens (including phenoxy) is 2. The van der Waals surface area contributed by atoms with E-state index in [1.54, 1.807) is 31.8 Å². The van der Waals surface area contributed by atoms with Gasteiger partial charge in [-0.1, -0.05) is 0 Å². The fourth-order valence-electron chi connectivity index (χ4n) is 4.94. The van der Waals surface area contributed by atoms with E-state index in [0.717, 1.165) is 40.2 Å². The van der Waals surface area contributed by atoms with Crippen molar-refractivity contribution in [3.05, 3.63) is 58.3 Å². The summed E-state index contributed by atoms with van der Waals surface area (Å²) < 4.78 is 12.2. The van der Waals surface area contributed by atoms with Crippen LogP contribution in [-0.2, 0) is 9.47 Å². The third kappa shape index (κ3) is 4.62. The number of nitrogens with zero attached hydrogens (tertiary/aromatic N) is 5. The Morgan fingerprint density at radius 1 is 1.18 bits per heavy atom. The molecule has 1 aliphatic heterocycles. The van der Waals surface area contributed by atoms with E-state index >= 15 is 0 Å². The van der Waals surface area contributed by atoms with Gasteiger partial charge in [0.25, 0.3) is 5.56 Å². The van der Waals surface area contributed by atoms with Gasteiger partial charge in [0, 0.05) is 38.7 Å². The molecule has 3 atom stereocenters. The largest absolute Gasteiger partial charge is 0.382 e. The molecule has 12 heteroatoms. The van der Waals surface area contributed by atoms with Gasteiger partial charge in [-0.3, -0.25) is 4.79 Å². The molecule has 0 radical (unpaired) electrons. The molecule has 0 amide bonds. The van der Waals surface area contributed by atoms with E-state index in [4.69, 9.17) is 14.5 Å². The van der Waals surface area contributed by atoms with Gasteiger partial charge >= 0.3 is 0 Å². The number of aromatic amines is 2. The lowest BCUT2D eigenvalue weighted by Crippen LogP contribution is -2.45. The number of fused-ring (bicyclic) bond motifs is 2. The number of pyridine rings is 2. The average molecular weight is 533 g/mol. The van der Waals surface area contributed by atoms with Crippen LogP contribution in [0.1, 0.15) is 25.7 Å². The predicted octanol–water partition coefficient (Wildman–Crippen LogP) is 3.73. The Balaban J connectivity index is 1.44. The number of aromatic nitrogens is 6. The van der Waals surface area contributed by atoms with Gasteiger partial charge in [-0.25, -0.2) is 19.9 Å². The van der Waals surface area contributed by atoms with Gasteiger partial charge in [-0.2, -0.15) is 0 Å². The molecular weight excluding hydrogens is 504 g/mol. The van der Waals surface area contributed by atoms with Crippen LogP contribution in [0.4, 0.5) is 11.5 Å². The predicted molar refractivity (Wildman–Crippen MR) is 148 cm³/mol. The minimum Gasteiger partial charge on any atom is -0.382 e. The number of thiophene rings is 1. The van der Waals surface area contributed by atoms with E-state index in [2.05, 4.69) is 49.0 Å². The molecule has 196 valence electrons. The molecule has 1 aliphatic rings. The Morgan fingerprint density at radius 2 is 1.97 bits per heavy atom. The summed E-state index contributed by atoms with van der Waals surface area (Å²) in [5.41, 5.74) is 3.01. The summed E-state index contributed by atoms with van der Waals surface area (Å²) in [6.07, 6.45) is 5.37. The Hall–Kier alpha value is -3.87. The molecule has 0 saturated carbocycles. The Bertz CT molecular complexity index is 1620. The van der Waals surface area contributed by atoms with E-state index in [1.807, 2.05) is 17.5 Å². The Morgan fingerprint density at radius 3 is 2.74 bits per heavy atom. The van der Waals surface area contributed by atoms with E-state index in [9.17, 15) is 4.79 Å². The number of rotatable bonds is 7. The lowest BCUT2D eigenvalue weighted by atomic mass is 10.1. The molecule has 38 heavy (non-hydrogen) atoms. The highest BCUT2D eigenvalue weighted by molar-refractivity contribution is 7.17. The molecule has 2 unspecified atom stereocenters. The van der Waals surface area contributed by atoms with Crippen molar-refractivity contribution >= 4 is 44.1 Å². The highest BCUT2D eigenvalue weighted by Crippen LogP contribution is 2.36. The molecule has 5 aromatic rings. The quantitative estimate of drug-likeness (QED) is 0.287. The number of hydrogen-bond donors (Lipinski definition) is 3. The number of nitrogens with one attached hydrogen (secondary N) is 3. The second-order valence-electron chi connectivity index (χ2n) is 9.43. The lowest BCUT2D eigenvalue weighted by Gasteiger charge is -2.36. The zero-order valence-electron chi connectivity index (χ0n) is 21.3. The van der Waals surface area contributed by atoms with E-state index in [1.165, 1.54) is 11.3 Å². The molecule has 6 heterocycles. The summed E-state index contributed by atoms with van der Waals surface area (Å²) >= 11 is 1.53. The van der Waals surface area contributed by atoms with Crippen LogP contribution in [0, 0.1) is 0 Å². The molecule has 11 nitrogen and oxygen atoms in total. The normalized spacial score (nSPS) is 18.8. The van der Waals surface area contributed by atoms with Gasteiger partial charge in [0.15, 0.2) is 5.82 Å². The van der Waals surface area contributed by atoms with Crippen LogP contribution >= 0.6 is 11.3 Å². The first kappa shape index (κ1) is 24.5. The number of methoxy groups -OCH3 is 1. The summed E-state index contributed by atoms with van der Waals surface area (Å²) in [6, 6.07) is 5.23. The standard InChI is InChI=1S/C26H28N8O3S/c1-14-11-34(12-15(2)37-14)20-9-17-18(10-29-20)32-25(31-17)21-22(23-16(5-8-38-23)33-26(21)35)30-19(13-36-3)24-27-6-4-7-28-24/h4-10,14-15,19H,11-13H2,1-3H3,(H,31,32)(H2,30,33,35)/t14?,15?,19-/m0/s1. The first-order valence-corrected chi connectivity index (χ1v) is 13.3. The average Bonchev–Trinajstić information content (AvgIpc) is 3.54. The SMILES string of the molecule is COC[C@H](Nc1c(-c2nc3cc(N4CC(C)OC(C)C4)ncc3[nH]2)c(=O)[nH]c2ccsc12)c1ncccn1. The Labute approximate surface area is 222 Å². The summed E-state index contributed by atoms with van der Waals surface area (Å²) in [5, 5.41) is 5.44. The van der Waals surface area contributed by atoms with Gasteiger partial charge in [-0.15, -0.1) is 11.3 Å². The topological polar surface area (TPSA) is 134 Å². The van der Waals surface area contributed by atoms with E-state index in [0.29, 0.717) is 29.5 Å². The zero-order chi connectivity index (χ0) is 26.2. The third-order valence-corrected chi connectivity index (χ3v) is 7.43. The molecule has 1 saturated heterocycles. The zero-order valence-corrected chi connectivity index (χ0v) is 22.1. The van der Waals surface area contributed by atoms with Crippen molar-refractivity contribution < 1.29 is 9.47 Å². The summed E-state index contributed by atoms with van der Waals surface area (Å²) in [4.78, 5) is 40.3. The summed E-state index contributed by atoms with van der Waals surface area (Å²) in [6.45, 7) is 5.95. The maximum absolute atomic E-state index is 13.4. The lowest BCUT2D eigenvalue weighted by molar-refractivity contribution is -0.00545. The maximum atomic E-state index is 13.4. The minimum absolute atomic E-state index is 0.115. The summed E-state index contributed by atoms with van der Waals surface area (Å²) in [5.74, 6) is 1.85. The van der Waals surface area contributed by atoms with Crippen molar-refractivity contribution in [2.75, 3.05) is 37.0 Å². The fraction of sp³-hybridized carbons (Fsp3) is 0.346. The molecule has 0 bridgehead atoms.